The minimum atomic E-state index is -0.506. The molecule has 0 saturated carbocycles. The molecule has 0 aliphatic carbocycles. The Morgan fingerprint density at radius 3 is 2.36 bits per heavy atom. The highest BCUT2D eigenvalue weighted by Gasteiger charge is 2.31. The Morgan fingerprint density at radius 1 is 1.00 bits per heavy atom. The number of hydrogen-bond acceptors (Lipinski definition) is 7. The number of thiocarbonyl (C=S) groups is 1. The number of esters is 1. The van der Waals surface area contributed by atoms with Crippen LogP contribution in [0.1, 0.15) is 41.4 Å². The first-order valence-electron chi connectivity index (χ1n) is 10.1. The van der Waals surface area contributed by atoms with Gasteiger partial charge in [-0.05, 0) is 49.8 Å². The van der Waals surface area contributed by atoms with Crippen LogP contribution < -0.4 is 24.8 Å². The lowest BCUT2D eigenvalue weighted by Crippen LogP contribution is -2.45. The Kier molecular flexibility index (Phi) is 7.55. The van der Waals surface area contributed by atoms with Crippen LogP contribution in [0.5, 0.6) is 17.2 Å². The number of benzene rings is 2. The van der Waals surface area contributed by atoms with E-state index in [1.165, 1.54) is 21.1 Å². The van der Waals surface area contributed by atoms with Crippen molar-refractivity contribution in [1.29, 1.82) is 0 Å². The van der Waals surface area contributed by atoms with Crippen molar-refractivity contribution >= 4 is 29.1 Å². The van der Waals surface area contributed by atoms with Gasteiger partial charge in [-0.2, -0.15) is 0 Å². The number of nitrogens with one attached hydrogen (secondary N) is 2. The topological polar surface area (TPSA) is 95.1 Å². The Hall–Kier alpha value is -3.59. The quantitative estimate of drug-likeness (QED) is 0.342. The van der Waals surface area contributed by atoms with Gasteiger partial charge in [-0.1, -0.05) is 18.2 Å². The second-order valence-electron chi connectivity index (χ2n) is 7.34. The smallest absolute Gasteiger partial charge is 0.337 e. The number of allylic oxidation sites excluding steroid dienone is 1. The number of rotatable bonds is 8. The zero-order valence-corrected chi connectivity index (χ0v) is 19.9. The molecular weight excluding hydrogens is 444 g/mol. The van der Waals surface area contributed by atoms with Crippen LogP contribution in [0, 0.1) is 0 Å². The molecule has 2 aromatic rings. The number of carbonyl (C=O) groups excluding carboxylic acids is 2. The van der Waals surface area contributed by atoms with E-state index < -0.39 is 12.0 Å². The van der Waals surface area contributed by atoms with Gasteiger partial charge in [0.1, 0.15) is 12.4 Å². The van der Waals surface area contributed by atoms with Gasteiger partial charge < -0.3 is 29.6 Å². The molecule has 0 saturated heterocycles. The second-order valence-corrected chi connectivity index (χ2v) is 7.75. The summed E-state index contributed by atoms with van der Waals surface area (Å²) < 4.78 is 21.9. The third-order valence-electron chi connectivity index (χ3n) is 5.27. The van der Waals surface area contributed by atoms with Crippen LogP contribution in [0.15, 0.2) is 47.7 Å². The summed E-state index contributed by atoms with van der Waals surface area (Å²) in [6, 6.07) is 10.1. The van der Waals surface area contributed by atoms with Gasteiger partial charge in [0.05, 0.1) is 32.9 Å². The van der Waals surface area contributed by atoms with E-state index in [9.17, 15) is 9.59 Å². The third-order valence-corrected chi connectivity index (χ3v) is 5.49. The zero-order chi connectivity index (χ0) is 24.1. The van der Waals surface area contributed by atoms with E-state index in [1.807, 2.05) is 6.07 Å². The first-order valence-corrected chi connectivity index (χ1v) is 10.5. The zero-order valence-electron chi connectivity index (χ0n) is 19.1. The van der Waals surface area contributed by atoms with Crippen molar-refractivity contribution in [3.63, 3.8) is 0 Å². The summed E-state index contributed by atoms with van der Waals surface area (Å²) in [4.78, 5) is 24.0. The summed E-state index contributed by atoms with van der Waals surface area (Å²) in [5, 5.41) is 6.47. The predicted octanol–water partition coefficient (Wildman–Crippen LogP) is 3.45. The Balaban J connectivity index is 1.87. The van der Waals surface area contributed by atoms with Gasteiger partial charge in [0, 0.05) is 16.8 Å². The summed E-state index contributed by atoms with van der Waals surface area (Å²) in [5.74, 6) is 1.06. The van der Waals surface area contributed by atoms with Crippen LogP contribution in [0.3, 0.4) is 0 Å². The van der Waals surface area contributed by atoms with Gasteiger partial charge in [0.2, 0.25) is 0 Å². The average Bonchev–Trinajstić information content (AvgIpc) is 2.81. The van der Waals surface area contributed by atoms with Crippen LogP contribution in [0.25, 0.3) is 0 Å². The standard InChI is InChI=1S/C24H26N2O6S/c1-13-21(23(28)31-5)22(26-24(33)25-13)16-8-9-18(20(11-16)30-4)32-12-17-7-6-15(14(2)27)10-19(17)29-3/h6-11,22H,12H2,1-5H3,(H2,25,26,33). The maximum absolute atomic E-state index is 12.4. The Labute approximate surface area is 197 Å². The molecule has 0 amide bonds. The molecule has 3 rings (SSSR count). The highest BCUT2D eigenvalue weighted by atomic mass is 32.1. The van der Waals surface area contributed by atoms with Crippen LogP contribution in [-0.4, -0.2) is 38.2 Å². The average molecular weight is 471 g/mol. The minimum Gasteiger partial charge on any atom is -0.496 e. The molecule has 2 N–H and O–H groups in total. The number of carbonyl (C=O) groups is 2. The summed E-state index contributed by atoms with van der Waals surface area (Å²) in [6.07, 6.45) is 0. The Bertz CT molecular complexity index is 1130. The molecule has 0 radical (unpaired) electrons. The Morgan fingerprint density at radius 2 is 1.73 bits per heavy atom. The van der Waals surface area contributed by atoms with E-state index in [4.69, 9.17) is 31.2 Å². The third kappa shape index (κ3) is 5.25. The number of Topliss-reactive ketones (excluding diaryl/α,β-unsaturated/α-hetero) is 1. The van der Waals surface area contributed by atoms with Gasteiger partial charge in [0.25, 0.3) is 0 Å². The lowest BCUT2D eigenvalue weighted by atomic mass is 9.95. The molecule has 33 heavy (non-hydrogen) atoms. The molecular formula is C24H26N2O6S. The van der Waals surface area contributed by atoms with E-state index in [2.05, 4.69) is 10.6 Å². The van der Waals surface area contributed by atoms with E-state index >= 15 is 0 Å². The van der Waals surface area contributed by atoms with Crippen molar-refractivity contribution in [2.24, 2.45) is 0 Å². The lowest BCUT2D eigenvalue weighted by Gasteiger charge is -2.30. The summed E-state index contributed by atoms with van der Waals surface area (Å²) in [7, 11) is 4.42. The first-order chi connectivity index (χ1) is 15.8. The van der Waals surface area contributed by atoms with Gasteiger partial charge in [-0.25, -0.2) is 4.79 Å². The van der Waals surface area contributed by atoms with Crippen molar-refractivity contribution in [2.75, 3.05) is 21.3 Å². The molecule has 0 aromatic heterocycles. The summed E-state index contributed by atoms with van der Waals surface area (Å²) in [6.45, 7) is 3.48. The van der Waals surface area contributed by atoms with Crippen LogP contribution in [0.4, 0.5) is 0 Å². The minimum absolute atomic E-state index is 0.0420. The van der Waals surface area contributed by atoms with Crippen molar-refractivity contribution in [1.82, 2.24) is 10.6 Å². The number of ether oxygens (including phenoxy) is 4. The fraction of sp³-hybridized carbons (Fsp3) is 0.292. The van der Waals surface area contributed by atoms with E-state index in [0.29, 0.717) is 39.2 Å². The number of ketones is 1. The fourth-order valence-electron chi connectivity index (χ4n) is 3.55. The largest absolute Gasteiger partial charge is 0.496 e. The summed E-state index contributed by atoms with van der Waals surface area (Å²) in [5.41, 5.74) is 3.15. The van der Waals surface area contributed by atoms with Crippen LogP contribution in [0.2, 0.25) is 0 Å². The second kappa shape index (κ2) is 10.4. The maximum Gasteiger partial charge on any atom is 0.337 e. The fourth-order valence-corrected chi connectivity index (χ4v) is 3.82. The molecule has 1 atom stereocenters. The number of methoxy groups -OCH3 is 3. The van der Waals surface area contributed by atoms with Crippen LogP contribution >= 0.6 is 12.2 Å². The van der Waals surface area contributed by atoms with Crippen molar-refractivity contribution in [3.05, 3.63) is 64.4 Å². The highest BCUT2D eigenvalue weighted by molar-refractivity contribution is 7.80. The monoisotopic (exact) mass is 470 g/mol. The molecule has 1 heterocycles. The van der Waals surface area contributed by atoms with E-state index in [-0.39, 0.29) is 12.4 Å². The molecule has 0 spiro atoms. The van der Waals surface area contributed by atoms with Gasteiger partial charge in [0.15, 0.2) is 22.4 Å². The SMILES string of the molecule is COC(=O)C1=C(C)NC(=S)NC1c1ccc(OCc2ccc(C(C)=O)cc2OC)c(OC)c1. The molecule has 8 nitrogen and oxygen atoms in total. The van der Waals surface area contributed by atoms with Gasteiger partial charge >= 0.3 is 5.97 Å². The maximum atomic E-state index is 12.4. The molecule has 2 aromatic carbocycles. The van der Waals surface area contributed by atoms with Crippen molar-refractivity contribution in [2.45, 2.75) is 26.5 Å². The summed E-state index contributed by atoms with van der Waals surface area (Å²) >= 11 is 5.27. The molecule has 1 aliphatic heterocycles. The molecule has 0 fully saturated rings. The predicted molar refractivity (Wildman–Crippen MR) is 127 cm³/mol. The lowest BCUT2D eigenvalue weighted by molar-refractivity contribution is -0.136. The van der Waals surface area contributed by atoms with E-state index in [1.54, 1.807) is 44.4 Å². The van der Waals surface area contributed by atoms with Crippen molar-refractivity contribution in [3.8, 4) is 17.2 Å². The molecule has 9 heteroatoms. The molecule has 1 aliphatic rings. The van der Waals surface area contributed by atoms with Gasteiger partial charge in [-0.15, -0.1) is 0 Å². The van der Waals surface area contributed by atoms with E-state index in [0.717, 1.165) is 11.1 Å². The van der Waals surface area contributed by atoms with Crippen LogP contribution in [-0.2, 0) is 16.1 Å². The number of hydrogen-bond donors (Lipinski definition) is 2. The molecule has 0 bridgehead atoms. The first kappa shape index (κ1) is 24.1. The molecule has 174 valence electrons. The normalized spacial score (nSPS) is 15.3. The highest BCUT2D eigenvalue weighted by Crippen LogP contribution is 2.35. The van der Waals surface area contributed by atoms with Crippen molar-refractivity contribution < 1.29 is 28.5 Å². The molecule has 1 unspecified atom stereocenters. The van der Waals surface area contributed by atoms with Gasteiger partial charge in [-0.3, -0.25) is 4.79 Å².